The van der Waals surface area contributed by atoms with Crippen LogP contribution in [0.2, 0.25) is 0 Å². The SMILES string of the molecule is CCCCN(CCN1CCN(C)CC1)CC1CCCN1. The molecular weight excluding hydrogens is 248 g/mol. The van der Waals surface area contributed by atoms with Gasteiger partial charge < -0.3 is 15.1 Å². The largest absolute Gasteiger partial charge is 0.313 e. The average molecular weight is 282 g/mol. The third-order valence-electron chi connectivity index (χ3n) is 4.80. The molecule has 0 aromatic heterocycles. The first kappa shape index (κ1) is 16.2. The fourth-order valence-electron chi connectivity index (χ4n) is 3.25. The molecule has 2 aliphatic rings. The molecule has 2 saturated heterocycles. The summed E-state index contributed by atoms with van der Waals surface area (Å²) < 4.78 is 0. The van der Waals surface area contributed by atoms with Crippen LogP contribution in [-0.4, -0.2) is 86.7 Å². The Labute approximate surface area is 125 Å². The van der Waals surface area contributed by atoms with E-state index >= 15 is 0 Å². The molecule has 2 heterocycles. The highest BCUT2D eigenvalue weighted by atomic mass is 15.3. The summed E-state index contributed by atoms with van der Waals surface area (Å²) in [6.45, 7) is 13.5. The molecule has 0 spiro atoms. The van der Waals surface area contributed by atoms with Gasteiger partial charge in [-0.25, -0.2) is 0 Å². The van der Waals surface area contributed by atoms with Gasteiger partial charge in [0.15, 0.2) is 0 Å². The lowest BCUT2D eigenvalue weighted by Crippen LogP contribution is -2.48. The highest BCUT2D eigenvalue weighted by Gasteiger charge is 2.19. The van der Waals surface area contributed by atoms with E-state index in [0.717, 1.165) is 6.04 Å². The standard InChI is InChI=1S/C16H34N4/c1-3-4-8-20(15-16-6-5-7-17-16)14-13-19-11-9-18(2)10-12-19/h16-17H,3-15H2,1-2H3. The second-order valence-corrected chi connectivity index (χ2v) is 6.59. The molecule has 1 atom stereocenters. The Bertz CT molecular complexity index is 245. The second-order valence-electron chi connectivity index (χ2n) is 6.59. The molecule has 20 heavy (non-hydrogen) atoms. The van der Waals surface area contributed by atoms with Gasteiger partial charge in [-0.1, -0.05) is 13.3 Å². The van der Waals surface area contributed by atoms with Crippen molar-refractivity contribution >= 4 is 0 Å². The van der Waals surface area contributed by atoms with Crippen molar-refractivity contribution in [3.63, 3.8) is 0 Å². The minimum atomic E-state index is 0.749. The Morgan fingerprint density at radius 3 is 2.60 bits per heavy atom. The average Bonchev–Trinajstić information content (AvgIpc) is 2.96. The summed E-state index contributed by atoms with van der Waals surface area (Å²) in [6.07, 6.45) is 5.39. The molecule has 0 aliphatic carbocycles. The Morgan fingerprint density at radius 2 is 1.95 bits per heavy atom. The molecule has 118 valence electrons. The Balaban J connectivity index is 1.68. The quantitative estimate of drug-likeness (QED) is 0.719. The van der Waals surface area contributed by atoms with E-state index in [1.807, 2.05) is 0 Å². The highest BCUT2D eigenvalue weighted by molar-refractivity contribution is 4.79. The van der Waals surface area contributed by atoms with Gasteiger partial charge in [0.2, 0.25) is 0 Å². The molecule has 0 aromatic rings. The molecule has 2 rings (SSSR count). The molecule has 2 aliphatic heterocycles. The van der Waals surface area contributed by atoms with E-state index in [4.69, 9.17) is 0 Å². The van der Waals surface area contributed by atoms with Gasteiger partial charge in [0.05, 0.1) is 0 Å². The van der Waals surface area contributed by atoms with E-state index in [9.17, 15) is 0 Å². The number of nitrogens with zero attached hydrogens (tertiary/aromatic N) is 3. The highest BCUT2D eigenvalue weighted by Crippen LogP contribution is 2.08. The van der Waals surface area contributed by atoms with Crippen LogP contribution >= 0.6 is 0 Å². The summed E-state index contributed by atoms with van der Waals surface area (Å²) in [5, 5.41) is 3.65. The number of rotatable bonds is 8. The topological polar surface area (TPSA) is 21.8 Å². The van der Waals surface area contributed by atoms with E-state index in [0.29, 0.717) is 0 Å². The van der Waals surface area contributed by atoms with E-state index in [1.165, 1.54) is 84.6 Å². The maximum absolute atomic E-state index is 3.65. The first-order valence-corrected chi connectivity index (χ1v) is 8.64. The monoisotopic (exact) mass is 282 g/mol. The molecule has 2 fully saturated rings. The van der Waals surface area contributed by atoms with E-state index in [2.05, 4.69) is 34.0 Å². The van der Waals surface area contributed by atoms with Crippen LogP contribution in [0.15, 0.2) is 0 Å². The van der Waals surface area contributed by atoms with Gasteiger partial charge in [0.1, 0.15) is 0 Å². The van der Waals surface area contributed by atoms with E-state index in [-0.39, 0.29) is 0 Å². The molecule has 1 unspecified atom stereocenters. The van der Waals surface area contributed by atoms with Crippen LogP contribution in [0.3, 0.4) is 0 Å². The zero-order valence-corrected chi connectivity index (χ0v) is 13.6. The predicted octanol–water partition coefficient (Wildman–Crippen LogP) is 1.09. The van der Waals surface area contributed by atoms with Crippen molar-refractivity contribution in [2.24, 2.45) is 0 Å². The summed E-state index contributed by atoms with van der Waals surface area (Å²) in [5.41, 5.74) is 0. The lowest BCUT2D eigenvalue weighted by atomic mass is 10.2. The third kappa shape index (κ3) is 5.68. The molecule has 4 heteroatoms. The van der Waals surface area contributed by atoms with Crippen molar-refractivity contribution in [1.82, 2.24) is 20.0 Å². The molecule has 0 amide bonds. The van der Waals surface area contributed by atoms with E-state index in [1.54, 1.807) is 0 Å². The number of unbranched alkanes of at least 4 members (excludes halogenated alkanes) is 1. The fraction of sp³-hybridized carbons (Fsp3) is 1.00. The summed E-state index contributed by atoms with van der Waals surface area (Å²) in [4.78, 5) is 7.78. The summed E-state index contributed by atoms with van der Waals surface area (Å²) in [5.74, 6) is 0. The van der Waals surface area contributed by atoms with Crippen LogP contribution in [0.4, 0.5) is 0 Å². The minimum Gasteiger partial charge on any atom is -0.313 e. The molecule has 4 nitrogen and oxygen atoms in total. The number of hydrogen-bond acceptors (Lipinski definition) is 4. The smallest absolute Gasteiger partial charge is 0.0195 e. The summed E-state index contributed by atoms with van der Waals surface area (Å²) in [6, 6.07) is 0.749. The van der Waals surface area contributed by atoms with E-state index < -0.39 is 0 Å². The third-order valence-corrected chi connectivity index (χ3v) is 4.80. The molecule has 0 aromatic carbocycles. The van der Waals surface area contributed by atoms with Crippen LogP contribution in [0.1, 0.15) is 32.6 Å². The molecule has 0 bridgehead atoms. The summed E-state index contributed by atoms with van der Waals surface area (Å²) >= 11 is 0. The number of likely N-dealkylation sites (N-methyl/N-ethyl adjacent to an activating group) is 1. The van der Waals surface area contributed by atoms with Crippen LogP contribution in [0.25, 0.3) is 0 Å². The summed E-state index contributed by atoms with van der Waals surface area (Å²) in [7, 11) is 2.23. The first-order valence-electron chi connectivity index (χ1n) is 8.64. The van der Waals surface area contributed by atoms with Gasteiger partial charge in [0.25, 0.3) is 0 Å². The van der Waals surface area contributed by atoms with Crippen molar-refractivity contribution in [3.05, 3.63) is 0 Å². The molecule has 0 radical (unpaired) electrons. The van der Waals surface area contributed by atoms with Gasteiger partial charge in [0, 0.05) is 51.9 Å². The van der Waals surface area contributed by atoms with Gasteiger partial charge >= 0.3 is 0 Å². The van der Waals surface area contributed by atoms with Crippen molar-refractivity contribution in [2.45, 2.75) is 38.6 Å². The normalized spacial score (nSPS) is 25.6. The Morgan fingerprint density at radius 1 is 1.15 bits per heavy atom. The lowest BCUT2D eigenvalue weighted by molar-refractivity contribution is 0.131. The zero-order valence-electron chi connectivity index (χ0n) is 13.6. The maximum Gasteiger partial charge on any atom is 0.0195 e. The van der Waals surface area contributed by atoms with Crippen LogP contribution < -0.4 is 5.32 Å². The fourth-order valence-corrected chi connectivity index (χ4v) is 3.25. The van der Waals surface area contributed by atoms with Crippen LogP contribution in [0, 0.1) is 0 Å². The first-order chi connectivity index (χ1) is 9.78. The Hall–Kier alpha value is -0.160. The van der Waals surface area contributed by atoms with Crippen molar-refractivity contribution in [1.29, 1.82) is 0 Å². The van der Waals surface area contributed by atoms with Crippen LogP contribution in [-0.2, 0) is 0 Å². The van der Waals surface area contributed by atoms with Crippen molar-refractivity contribution < 1.29 is 0 Å². The van der Waals surface area contributed by atoms with Crippen LogP contribution in [0.5, 0.6) is 0 Å². The van der Waals surface area contributed by atoms with Crippen molar-refractivity contribution in [3.8, 4) is 0 Å². The molecule has 0 saturated carbocycles. The zero-order chi connectivity index (χ0) is 14.2. The predicted molar refractivity (Wildman–Crippen MR) is 86.3 cm³/mol. The molecule has 1 N–H and O–H groups in total. The molecular formula is C16H34N4. The van der Waals surface area contributed by atoms with Gasteiger partial charge in [-0.3, -0.25) is 4.90 Å². The number of piperazine rings is 1. The van der Waals surface area contributed by atoms with Gasteiger partial charge in [-0.15, -0.1) is 0 Å². The second kappa shape index (κ2) is 8.98. The number of hydrogen-bond donors (Lipinski definition) is 1. The minimum absolute atomic E-state index is 0.749. The lowest BCUT2D eigenvalue weighted by Gasteiger charge is -2.34. The van der Waals surface area contributed by atoms with Gasteiger partial charge in [-0.2, -0.15) is 0 Å². The van der Waals surface area contributed by atoms with Gasteiger partial charge in [-0.05, 0) is 39.4 Å². The maximum atomic E-state index is 3.65. The van der Waals surface area contributed by atoms with Crippen molar-refractivity contribution in [2.75, 3.05) is 66.0 Å². The number of nitrogens with one attached hydrogen (secondary N) is 1. The Kier molecular flexibility index (Phi) is 7.28.